The van der Waals surface area contributed by atoms with E-state index in [1.54, 1.807) is 0 Å². The maximum atomic E-state index is 8.89. The minimum atomic E-state index is 0.169. The van der Waals surface area contributed by atoms with E-state index in [0.717, 1.165) is 33.7 Å². The number of hydrogen-bond donors (Lipinski definition) is 1. The second-order valence-electron chi connectivity index (χ2n) is 4.57. The second kappa shape index (κ2) is 6.90. The van der Waals surface area contributed by atoms with Crippen LogP contribution in [0.5, 0.6) is 5.75 Å². The molecule has 1 heterocycles. The van der Waals surface area contributed by atoms with Gasteiger partial charge in [0.2, 0.25) is 0 Å². The van der Waals surface area contributed by atoms with E-state index in [1.165, 1.54) is 0 Å². The van der Waals surface area contributed by atoms with Crippen LogP contribution in [0.3, 0.4) is 0 Å². The quantitative estimate of drug-likeness (QED) is 0.880. The molecule has 2 aromatic rings. The van der Waals surface area contributed by atoms with Gasteiger partial charge in [0.15, 0.2) is 0 Å². The summed E-state index contributed by atoms with van der Waals surface area (Å²) < 4.78 is 8.76. The predicted molar refractivity (Wildman–Crippen MR) is 81.9 cm³/mol. The summed E-state index contributed by atoms with van der Waals surface area (Å²) in [5, 5.41) is 13.3. The van der Waals surface area contributed by atoms with Crippen molar-refractivity contribution >= 4 is 15.9 Å². The molecule has 0 atom stereocenters. The smallest absolute Gasteiger partial charge is 0.131 e. The lowest BCUT2D eigenvalue weighted by molar-refractivity contribution is 0.290. The highest BCUT2D eigenvalue weighted by molar-refractivity contribution is 9.10. The zero-order valence-corrected chi connectivity index (χ0v) is 13.4. The number of ether oxygens (including phenoxy) is 1. The van der Waals surface area contributed by atoms with E-state index in [1.807, 2.05) is 35.9 Å². The van der Waals surface area contributed by atoms with Gasteiger partial charge < -0.3 is 9.84 Å². The molecular formula is C15H19BrN2O2. The largest absolute Gasteiger partial charge is 0.487 e. The molecule has 0 aliphatic rings. The molecule has 108 valence electrons. The van der Waals surface area contributed by atoms with Crippen molar-refractivity contribution in [3.8, 4) is 5.75 Å². The van der Waals surface area contributed by atoms with Gasteiger partial charge in [-0.05, 0) is 53.9 Å². The summed E-state index contributed by atoms with van der Waals surface area (Å²) in [6.45, 7) is 5.51. The third kappa shape index (κ3) is 3.41. The van der Waals surface area contributed by atoms with Gasteiger partial charge in [-0.25, -0.2) is 0 Å². The average molecular weight is 339 g/mol. The number of rotatable bonds is 6. The second-order valence-corrected chi connectivity index (χ2v) is 5.36. The van der Waals surface area contributed by atoms with E-state index in [2.05, 4.69) is 28.0 Å². The molecule has 20 heavy (non-hydrogen) atoms. The van der Waals surface area contributed by atoms with Crippen LogP contribution < -0.4 is 4.74 Å². The Labute approximate surface area is 127 Å². The summed E-state index contributed by atoms with van der Waals surface area (Å²) in [6, 6.07) is 7.81. The van der Waals surface area contributed by atoms with Gasteiger partial charge in [-0.1, -0.05) is 12.1 Å². The SMILES string of the molecule is CCn1nc(C)c(Br)c1COc1ccc(CCO)cc1. The van der Waals surface area contributed by atoms with Crippen LogP contribution in [0.1, 0.15) is 23.9 Å². The number of aromatic nitrogens is 2. The lowest BCUT2D eigenvalue weighted by Crippen LogP contribution is -2.06. The van der Waals surface area contributed by atoms with Crippen molar-refractivity contribution < 1.29 is 9.84 Å². The van der Waals surface area contributed by atoms with Gasteiger partial charge in [0.25, 0.3) is 0 Å². The summed E-state index contributed by atoms with van der Waals surface area (Å²) in [7, 11) is 0. The molecule has 0 saturated heterocycles. The number of aliphatic hydroxyl groups excluding tert-OH is 1. The lowest BCUT2D eigenvalue weighted by Gasteiger charge is -2.09. The Morgan fingerprint density at radius 3 is 2.60 bits per heavy atom. The topological polar surface area (TPSA) is 47.3 Å². The van der Waals surface area contributed by atoms with Crippen LogP contribution in [0.4, 0.5) is 0 Å². The summed E-state index contributed by atoms with van der Waals surface area (Å²) in [5.41, 5.74) is 3.13. The standard InChI is InChI=1S/C15H19BrN2O2/c1-3-18-14(15(16)11(2)17-18)10-20-13-6-4-12(5-7-13)8-9-19/h4-7,19H,3,8-10H2,1-2H3. The van der Waals surface area contributed by atoms with E-state index in [9.17, 15) is 0 Å². The number of benzene rings is 1. The molecule has 1 N–H and O–H groups in total. The van der Waals surface area contributed by atoms with Gasteiger partial charge in [0.05, 0.1) is 15.9 Å². The summed E-state index contributed by atoms with van der Waals surface area (Å²) in [5.74, 6) is 0.820. The highest BCUT2D eigenvalue weighted by atomic mass is 79.9. The third-order valence-corrected chi connectivity index (χ3v) is 4.18. The molecule has 0 aliphatic carbocycles. The first-order valence-electron chi connectivity index (χ1n) is 6.70. The highest BCUT2D eigenvalue weighted by Crippen LogP contribution is 2.23. The van der Waals surface area contributed by atoms with Gasteiger partial charge in [0, 0.05) is 13.2 Å². The third-order valence-electron chi connectivity index (χ3n) is 3.15. The molecule has 4 nitrogen and oxygen atoms in total. The molecule has 1 aromatic carbocycles. The van der Waals surface area contributed by atoms with Crippen LogP contribution in [0, 0.1) is 6.92 Å². The fraction of sp³-hybridized carbons (Fsp3) is 0.400. The van der Waals surface area contributed by atoms with Crippen molar-refractivity contribution in [1.29, 1.82) is 0 Å². The summed E-state index contributed by atoms with van der Waals surface area (Å²) in [4.78, 5) is 0. The van der Waals surface area contributed by atoms with Crippen LogP contribution >= 0.6 is 15.9 Å². The Morgan fingerprint density at radius 1 is 1.30 bits per heavy atom. The fourth-order valence-electron chi connectivity index (χ4n) is 2.04. The molecule has 0 saturated carbocycles. The Morgan fingerprint density at radius 2 is 2.00 bits per heavy atom. The van der Waals surface area contributed by atoms with E-state index in [0.29, 0.717) is 13.0 Å². The molecule has 0 radical (unpaired) electrons. The van der Waals surface area contributed by atoms with Gasteiger partial charge in [0.1, 0.15) is 12.4 Å². The van der Waals surface area contributed by atoms with Crippen LogP contribution in [-0.4, -0.2) is 21.5 Å². The number of halogens is 1. The zero-order chi connectivity index (χ0) is 14.5. The maximum absolute atomic E-state index is 8.89. The normalized spacial score (nSPS) is 10.8. The molecule has 2 rings (SSSR count). The number of hydrogen-bond acceptors (Lipinski definition) is 3. The highest BCUT2D eigenvalue weighted by Gasteiger charge is 2.12. The lowest BCUT2D eigenvalue weighted by atomic mass is 10.1. The molecule has 0 unspecified atom stereocenters. The Kier molecular flexibility index (Phi) is 5.20. The molecule has 0 bridgehead atoms. The monoisotopic (exact) mass is 338 g/mol. The van der Waals surface area contributed by atoms with Gasteiger partial charge in [-0.3, -0.25) is 4.68 Å². The molecule has 0 spiro atoms. The van der Waals surface area contributed by atoms with E-state index in [-0.39, 0.29) is 6.61 Å². The number of aryl methyl sites for hydroxylation is 2. The summed E-state index contributed by atoms with van der Waals surface area (Å²) >= 11 is 3.56. The van der Waals surface area contributed by atoms with Gasteiger partial charge >= 0.3 is 0 Å². The molecule has 1 aromatic heterocycles. The Hall–Kier alpha value is -1.33. The Balaban J connectivity index is 2.05. The van der Waals surface area contributed by atoms with Gasteiger partial charge in [-0.15, -0.1) is 0 Å². The van der Waals surface area contributed by atoms with E-state index < -0.39 is 0 Å². The maximum Gasteiger partial charge on any atom is 0.131 e. The van der Waals surface area contributed by atoms with Gasteiger partial charge in [-0.2, -0.15) is 5.10 Å². The fourth-order valence-corrected chi connectivity index (χ4v) is 2.44. The predicted octanol–water partition coefficient (Wildman–Crippen LogP) is 3.09. The van der Waals surface area contributed by atoms with E-state index in [4.69, 9.17) is 9.84 Å². The molecule has 0 fully saturated rings. The first-order chi connectivity index (χ1) is 9.65. The molecule has 0 aliphatic heterocycles. The van der Waals surface area contributed by atoms with Crippen LogP contribution in [0.15, 0.2) is 28.7 Å². The first kappa shape index (κ1) is 15.1. The first-order valence-corrected chi connectivity index (χ1v) is 7.49. The molecular weight excluding hydrogens is 320 g/mol. The van der Waals surface area contributed by atoms with Crippen molar-refractivity contribution in [1.82, 2.24) is 9.78 Å². The minimum absolute atomic E-state index is 0.169. The van der Waals surface area contributed by atoms with Crippen molar-refractivity contribution in [3.05, 3.63) is 45.7 Å². The zero-order valence-electron chi connectivity index (χ0n) is 11.8. The number of aliphatic hydroxyl groups is 1. The van der Waals surface area contributed by atoms with Crippen LogP contribution in [-0.2, 0) is 19.6 Å². The van der Waals surface area contributed by atoms with E-state index >= 15 is 0 Å². The van der Waals surface area contributed by atoms with Crippen LogP contribution in [0.2, 0.25) is 0 Å². The minimum Gasteiger partial charge on any atom is -0.487 e. The Bertz CT molecular complexity index is 564. The van der Waals surface area contributed by atoms with Crippen molar-refractivity contribution in [3.63, 3.8) is 0 Å². The van der Waals surface area contributed by atoms with Crippen molar-refractivity contribution in [2.75, 3.05) is 6.61 Å². The molecule has 0 amide bonds. The molecule has 5 heteroatoms. The number of nitrogens with zero attached hydrogens (tertiary/aromatic N) is 2. The van der Waals surface area contributed by atoms with Crippen molar-refractivity contribution in [2.24, 2.45) is 0 Å². The van der Waals surface area contributed by atoms with Crippen LogP contribution in [0.25, 0.3) is 0 Å². The van der Waals surface area contributed by atoms with Crippen molar-refractivity contribution in [2.45, 2.75) is 33.4 Å². The summed E-state index contributed by atoms with van der Waals surface area (Å²) in [6.07, 6.45) is 0.674. The average Bonchev–Trinajstić information content (AvgIpc) is 2.74.